The Morgan fingerprint density at radius 2 is 2.00 bits per heavy atom. The molecule has 2 atom stereocenters. The van der Waals surface area contributed by atoms with Gasteiger partial charge in [-0.2, -0.15) is 0 Å². The molecule has 0 bridgehead atoms. The second-order valence-corrected chi connectivity index (χ2v) is 5.18. The van der Waals surface area contributed by atoms with E-state index in [9.17, 15) is 13.6 Å². The monoisotopic (exact) mass is 269 g/mol. The van der Waals surface area contributed by atoms with Crippen LogP contribution >= 0.6 is 0 Å². The Kier molecular flexibility index (Phi) is 3.85. The van der Waals surface area contributed by atoms with Crippen LogP contribution in [0.15, 0.2) is 18.2 Å². The largest absolute Gasteiger partial charge is 0.481 e. The molecule has 0 amide bonds. The number of rotatable bonds is 4. The Morgan fingerprint density at radius 1 is 1.37 bits per heavy atom. The predicted octanol–water partition coefficient (Wildman–Crippen LogP) is 2.68. The fourth-order valence-corrected chi connectivity index (χ4v) is 2.41. The van der Waals surface area contributed by atoms with Gasteiger partial charge in [0, 0.05) is 24.7 Å². The number of hydrogen-bond donors (Lipinski definition) is 1. The lowest BCUT2D eigenvalue weighted by Gasteiger charge is -2.45. The average Bonchev–Trinajstić information content (AvgIpc) is 2.29. The third-order valence-electron chi connectivity index (χ3n) is 3.99. The first kappa shape index (κ1) is 13.9. The topological polar surface area (TPSA) is 40.5 Å². The highest BCUT2D eigenvalue weighted by Gasteiger charge is 2.37. The average molecular weight is 269 g/mol. The summed E-state index contributed by atoms with van der Waals surface area (Å²) in [5.74, 6) is -2.02. The molecule has 0 spiro atoms. The van der Waals surface area contributed by atoms with Gasteiger partial charge in [-0.05, 0) is 31.0 Å². The van der Waals surface area contributed by atoms with Gasteiger partial charge in [0.15, 0.2) is 0 Å². The molecule has 1 saturated heterocycles. The number of carboxylic acid groups (broad SMARTS) is 1. The summed E-state index contributed by atoms with van der Waals surface area (Å²) >= 11 is 0. The predicted molar refractivity (Wildman–Crippen MR) is 66.6 cm³/mol. The van der Waals surface area contributed by atoms with Gasteiger partial charge in [0.05, 0.1) is 5.92 Å². The summed E-state index contributed by atoms with van der Waals surface area (Å²) < 4.78 is 26.8. The highest BCUT2D eigenvalue weighted by molar-refractivity contribution is 5.70. The first-order valence-corrected chi connectivity index (χ1v) is 6.32. The Labute approximate surface area is 110 Å². The van der Waals surface area contributed by atoms with Crippen LogP contribution in [0, 0.1) is 23.5 Å². The third-order valence-corrected chi connectivity index (χ3v) is 3.99. The Morgan fingerprint density at radius 3 is 2.58 bits per heavy atom. The maximum absolute atomic E-state index is 13.6. The van der Waals surface area contributed by atoms with E-state index >= 15 is 0 Å². The zero-order chi connectivity index (χ0) is 14.2. The van der Waals surface area contributed by atoms with Crippen molar-refractivity contribution < 1.29 is 18.7 Å². The number of halogens is 2. The summed E-state index contributed by atoms with van der Waals surface area (Å²) in [5.41, 5.74) is 0.321. The van der Waals surface area contributed by atoms with E-state index in [0.29, 0.717) is 18.7 Å². The van der Waals surface area contributed by atoms with Gasteiger partial charge < -0.3 is 5.11 Å². The molecule has 1 heterocycles. The van der Waals surface area contributed by atoms with Crippen LogP contribution < -0.4 is 0 Å². The molecule has 5 heteroatoms. The van der Waals surface area contributed by atoms with Gasteiger partial charge in [0.2, 0.25) is 0 Å². The van der Waals surface area contributed by atoms with E-state index in [4.69, 9.17) is 5.11 Å². The summed E-state index contributed by atoms with van der Waals surface area (Å²) in [4.78, 5) is 12.8. The molecule has 2 rings (SSSR count). The summed E-state index contributed by atoms with van der Waals surface area (Å²) in [7, 11) is 0. The molecule has 1 aromatic rings. The SMILES string of the molecule is CC(C(=O)O)C1CN(C(C)c2cc(F)ccc2F)C1. The van der Waals surface area contributed by atoms with E-state index in [-0.39, 0.29) is 12.0 Å². The number of aliphatic carboxylic acids is 1. The van der Waals surface area contributed by atoms with Gasteiger partial charge in [0.25, 0.3) is 0 Å². The minimum absolute atomic E-state index is 0.0802. The molecule has 1 aliphatic rings. The van der Waals surface area contributed by atoms with Gasteiger partial charge in [-0.3, -0.25) is 9.69 Å². The Balaban J connectivity index is 2.01. The van der Waals surface area contributed by atoms with Crippen molar-refractivity contribution in [2.75, 3.05) is 13.1 Å². The van der Waals surface area contributed by atoms with E-state index in [1.807, 2.05) is 4.90 Å². The second-order valence-electron chi connectivity index (χ2n) is 5.18. The summed E-state index contributed by atoms with van der Waals surface area (Å²) in [6, 6.07) is 3.18. The van der Waals surface area contributed by atoms with Crippen molar-refractivity contribution in [2.45, 2.75) is 19.9 Å². The van der Waals surface area contributed by atoms with Crippen molar-refractivity contribution >= 4 is 5.97 Å². The smallest absolute Gasteiger partial charge is 0.306 e. The fraction of sp³-hybridized carbons (Fsp3) is 0.500. The number of carboxylic acids is 1. The second kappa shape index (κ2) is 5.25. The van der Waals surface area contributed by atoms with Crippen molar-refractivity contribution in [3.8, 4) is 0 Å². The molecule has 1 N–H and O–H groups in total. The molecule has 0 saturated carbocycles. The van der Waals surface area contributed by atoms with Crippen LogP contribution in [0.5, 0.6) is 0 Å². The summed E-state index contributed by atoms with van der Waals surface area (Å²) in [6.07, 6.45) is 0. The van der Waals surface area contributed by atoms with Gasteiger partial charge in [-0.1, -0.05) is 6.92 Å². The fourth-order valence-electron chi connectivity index (χ4n) is 2.41. The first-order valence-electron chi connectivity index (χ1n) is 6.32. The van der Waals surface area contributed by atoms with Crippen LogP contribution in [0.25, 0.3) is 0 Å². The van der Waals surface area contributed by atoms with Crippen molar-refractivity contribution in [3.05, 3.63) is 35.4 Å². The third kappa shape index (κ3) is 2.76. The van der Waals surface area contributed by atoms with Crippen LogP contribution in [0.2, 0.25) is 0 Å². The molecule has 104 valence electrons. The first-order chi connectivity index (χ1) is 8.90. The van der Waals surface area contributed by atoms with Gasteiger partial charge in [-0.15, -0.1) is 0 Å². The molecule has 2 unspecified atom stereocenters. The van der Waals surface area contributed by atoms with E-state index < -0.39 is 23.5 Å². The number of carbonyl (C=O) groups is 1. The standard InChI is InChI=1S/C14H17F2NO2/c1-8(14(18)19)10-6-17(7-10)9(2)12-5-11(15)3-4-13(12)16/h3-5,8-10H,6-7H2,1-2H3,(H,18,19). The zero-order valence-corrected chi connectivity index (χ0v) is 10.9. The van der Waals surface area contributed by atoms with E-state index in [1.54, 1.807) is 13.8 Å². The molecule has 1 aliphatic heterocycles. The van der Waals surface area contributed by atoms with E-state index in [2.05, 4.69) is 0 Å². The zero-order valence-electron chi connectivity index (χ0n) is 10.9. The molecule has 19 heavy (non-hydrogen) atoms. The molecule has 0 radical (unpaired) electrons. The highest BCUT2D eigenvalue weighted by Crippen LogP contribution is 2.33. The lowest BCUT2D eigenvalue weighted by molar-refractivity contribution is -0.146. The van der Waals surface area contributed by atoms with Crippen LogP contribution in [0.4, 0.5) is 8.78 Å². The normalized spacial score (nSPS) is 19.8. The Hall–Kier alpha value is -1.49. The molecular weight excluding hydrogens is 252 g/mol. The Bertz CT molecular complexity index is 486. The van der Waals surface area contributed by atoms with Gasteiger partial charge >= 0.3 is 5.97 Å². The lowest BCUT2D eigenvalue weighted by Crippen LogP contribution is -2.51. The number of hydrogen-bond acceptors (Lipinski definition) is 2. The number of nitrogens with zero attached hydrogens (tertiary/aromatic N) is 1. The highest BCUT2D eigenvalue weighted by atomic mass is 19.1. The van der Waals surface area contributed by atoms with Crippen LogP contribution in [-0.2, 0) is 4.79 Å². The van der Waals surface area contributed by atoms with Crippen LogP contribution in [-0.4, -0.2) is 29.1 Å². The molecule has 0 aliphatic carbocycles. The molecule has 3 nitrogen and oxygen atoms in total. The molecule has 0 aromatic heterocycles. The van der Waals surface area contributed by atoms with Crippen molar-refractivity contribution in [1.82, 2.24) is 4.90 Å². The number of likely N-dealkylation sites (tertiary alicyclic amines) is 1. The maximum Gasteiger partial charge on any atom is 0.306 e. The van der Waals surface area contributed by atoms with Gasteiger partial charge in [-0.25, -0.2) is 8.78 Å². The van der Waals surface area contributed by atoms with Crippen LogP contribution in [0.3, 0.4) is 0 Å². The lowest BCUT2D eigenvalue weighted by atomic mass is 9.85. The van der Waals surface area contributed by atoms with Crippen LogP contribution in [0.1, 0.15) is 25.5 Å². The van der Waals surface area contributed by atoms with Crippen molar-refractivity contribution in [1.29, 1.82) is 0 Å². The van der Waals surface area contributed by atoms with Gasteiger partial charge in [0.1, 0.15) is 11.6 Å². The van der Waals surface area contributed by atoms with E-state index in [1.165, 1.54) is 6.07 Å². The minimum Gasteiger partial charge on any atom is -0.481 e. The molecular formula is C14H17F2NO2. The molecule has 1 fully saturated rings. The maximum atomic E-state index is 13.6. The van der Waals surface area contributed by atoms with Crippen molar-refractivity contribution in [2.24, 2.45) is 11.8 Å². The van der Waals surface area contributed by atoms with Crippen molar-refractivity contribution in [3.63, 3.8) is 0 Å². The summed E-state index contributed by atoms with van der Waals surface area (Å²) in [6.45, 7) is 4.69. The minimum atomic E-state index is -0.811. The summed E-state index contributed by atoms with van der Waals surface area (Å²) in [5, 5.41) is 8.91. The number of benzene rings is 1. The molecule has 1 aromatic carbocycles. The van der Waals surface area contributed by atoms with E-state index in [0.717, 1.165) is 12.1 Å². The quantitative estimate of drug-likeness (QED) is 0.913.